The molecule has 0 bridgehead atoms. The number of amides is 1. The Morgan fingerprint density at radius 1 is 1.13 bits per heavy atom. The summed E-state index contributed by atoms with van der Waals surface area (Å²) in [5, 5.41) is 7.94. The molecule has 0 saturated carbocycles. The van der Waals surface area contributed by atoms with Crippen LogP contribution in [0, 0.1) is 13.8 Å². The quantitative estimate of drug-likeness (QED) is 0.534. The fraction of sp³-hybridized carbons (Fsp3) is 0.261. The van der Waals surface area contributed by atoms with E-state index in [2.05, 4.69) is 22.6 Å². The van der Waals surface area contributed by atoms with Gasteiger partial charge >= 0.3 is 0 Å². The lowest BCUT2D eigenvalue weighted by Crippen LogP contribution is -3.00. The van der Waals surface area contributed by atoms with Crippen molar-refractivity contribution in [2.75, 3.05) is 5.32 Å². The van der Waals surface area contributed by atoms with Gasteiger partial charge in [-0.1, -0.05) is 35.5 Å². The van der Waals surface area contributed by atoms with Gasteiger partial charge in [0.1, 0.15) is 10.6 Å². The lowest BCUT2D eigenvalue weighted by molar-refractivity contribution is -0.0000141. The van der Waals surface area contributed by atoms with Crippen molar-refractivity contribution in [1.82, 2.24) is 10.1 Å². The van der Waals surface area contributed by atoms with E-state index in [1.807, 2.05) is 25.1 Å². The number of hydrogen-bond acceptors (Lipinski definition) is 5. The highest BCUT2D eigenvalue weighted by atomic mass is 35.5. The largest absolute Gasteiger partial charge is 1.00 e. The Bertz CT molecular complexity index is 1230. The summed E-state index contributed by atoms with van der Waals surface area (Å²) in [5.41, 5.74) is 4.72. The second kappa shape index (κ2) is 8.20. The summed E-state index contributed by atoms with van der Waals surface area (Å²) in [6.07, 6.45) is 4.55. The second-order valence-electron chi connectivity index (χ2n) is 7.48. The van der Waals surface area contributed by atoms with Crippen LogP contribution in [0.1, 0.15) is 45.1 Å². The Kier molecular flexibility index (Phi) is 5.62. The molecule has 30 heavy (non-hydrogen) atoms. The van der Waals surface area contributed by atoms with Crippen LogP contribution in [0.5, 0.6) is 0 Å². The molecule has 0 spiro atoms. The van der Waals surface area contributed by atoms with Crippen molar-refractivity contribution in [2.24, 2.45) is 0 Å². The fourth-order valence-electron chi connectivity index (χ4n) is 4.18. The fourth-order valence-corrected chi connectivity index (χ4v) is 5.49. The molecule has 1 N–H and O–H groups in total. The molecule has 5 rings (SSSR count). The Balaban J connectivity index is 0.00000218. The third-order valence-electron chi connectivity index (χ3n) is 5.44. The number of nitrogens with one attached hydrogen (secondary N) is 1. The maximum absolute atomic E-state index is 13.3. The monoisotopic (exact) mass is 438 g/mol. The van der Waals surface area contributed by atoms with Gasteiger partial charge < -0.3 is 22.2 Å². The summed E-state index contributed by atoms with van der Waals surface area (Å²) < 4.78 is 5.10. The summed E-state index contributed by atoms with van der Waals surface area (Å²) in [5.74, 6) is 0.860. The predicted octanol–water partition coefficient (Wildman–Crippen LogP) is 2.70. The van der Waals surface area contributed by atoms with E-state index < -0.39 is 0 Å². The van der Waals surface area contributed by atoms with Gasteiger partial charge in [-0.3, -0.25) is 4.79 Å². The van der Waals surface area contributed by atoms with E-state index in [9.17, 15) is 4.79 Å². The third-order valence-corrected chi connectivity index (χ3v) is 6.63. The lowest BCUT2D eigenvalue weighted by atomic mass is 9.89. The van der Waals surface area contributed by atoms with Crippen LogP contribution >= 0.6 is 11.3 Å². The van der Waals surface area contributed by atoms with Crippen molar-refractivity contribution in [1.29, 1.82) is 0 Å². The van der Waals surface area contributed by atoms with Crippen LogP contribution < -0.4 is 17.7 Å². The number of aromatic nitrogens is 2. The summed E-state index contributed by atoms with van der Waals surface area (Å²) in [6, 6.07) is 11.9. The van der Waals surface area contributed by atoms with Crippen LogP contribution in [0.3, 0.4) is 0 Å². The highest BCUT2D eigenvalue weighted by Gasteiger charge is 2.26. The molecule has 0 radical (unpaired) electrons. The van der Waals surface area contributed by atoms with Crippen LogP contribution in [0.4, 0.5) is 5.82 Å². The van der Waals surface area contributed by atoms with Gasteiger partial charge in [-0.15, -0.1) is 11.3 Å². The molecule has 4 aromatic rings. The number of hydrogen-bond donors (Lipinski definition) is 1. The number of benzene rings is 1. The topological polar surface area (TPSA) is 68.0 Å². The van der Waals surface area contributed by atoms with Crippen molar-refractivity contribution in [2.45, 2.75) is 39.5 Å². The standard InChI is InChI=1S/C23H21N3O2S.ClH/c1-13-12-18(26-28-13)25-22(27)19-14(2)24-23-21(16-10-6-7-11-17(16)29-23)20(19)15-8-4-3-5-9-15;/h3-5,8-9,12H,6-7,10-11H2,1-2H3,(H,25,26,27);1H/p-1. The minimum atomic E-state index is -0.209. The third kappa shape index (κ3) is 3.50. The number of thiophene rings is 1. The Hall–Kier alpha value is -2.70. The molecular weight excluding hydrogens is 418 g/mol. The van der Waals surface area contributed by atoms with E-state index in [1.165, 1.54) is 23.3 Å². The number of carbonyl (C=O) groups excluding carboxylic acids is 1. The van der Waals surface area contributed by atoms with Gasteiger partial charge in [0.25, 0.3) is 5.91 Å². The zero-order valence-electron chi connectivity index (χ0n) is 16.8. The van der Waals surface area contributed by atoms with Gasteiger partial charge in [0, 0.05) is 21.9 Å². The molecule has 5 nitrogen and oxygen atoms in total. The van der Waals surface area contributed by atoms with Gasteiger partial charge in [-0.05, 0) is 50.7 Å². The van der Waals surface area contributed by atoms with E-state index in [0.29, 0.717) is 17.1 Å². The van der Waals surface area contributed by atoms with Crippen LogP contribution in [0.2, 0.25) is 0 Å². The number of nitrogens with zero attached hydrogens (tertiary/aromatic N) is 2. The van der Waals surface area contributed by atoms with Gasteiger partial charge in [0.2, 0.25) is 0 Å². The smallest absolute Gasteiger partial charge is 0.259 e. The van der Waals surface area contributed by atoms with Crippen molar-refractivity contribution in [3.8, 4) is 11.1 Å². The molecule has 1 amide bonds. The minimum absolute atomic E-state index is 0. The number of fused-ring (bicyclic) bond motifs is 3. The molecule has 3 heterocycles. The summed E-state index contributed by atoms with van der Waals surface area (Å²) in [7, 11) is 0. The number of carbonyl (C=O) groups is 1. The maximum Gasteiger partial charge on any atom is 0.259 e. The predicted molar refractivity (Wildman–Crippen MR) is 116 cm³/mol. The van der Waals surface area contributed by atoms with E-state index in [-0.39, 0.29) is 18.3 Å². The van der Waals surface area contributed by atoms with Crippen LogP contribution in [-0.2, 0) is 12.8 Å². The van der Waals surface area contributed by atoms with Gasteiger partial charge in [-0.25, -0.2) is 4.98 Å². The lowest BCUT2D eigenvalue weighted by Gasteiger charge is -2.16. The molecule has 0 unspecified atom stereocenters. The molecule has 0 aliphatic heterocycles. The molecule has 1 aliphatic carbocycles. The maximum atomic E-state index is 13.3. The van der Waals surface area contributed by atoms with Gasteiger partial charge in [0.05, 0.1) is 11.3 Å². The van der Waals surface area contributed by atoms with E-state index >= 15 is 0 Å². The summed E-state index contributed by atoms with van der Waals surface area (Å²) in [4.78, 5) is 20.6. The number of aryl methyl sites for hydroxylation is 4. The van der Waals surface area contributed by atoms with Gasteiger partial charge in [-0.2, -0.15) is 0 Å². The molecule has 1 aliphatic rings. The number of pyridine rings is 1. The van der Waals surface area contributed by atoms with Crippen molar-refractivity contribution < 1.29 is 21.7 Å². The molecule has 3 aromatic heterocycles. The first-order valence-electron chi connectivity index (χ1n) is 9.87. The summed E-state index contributed by atoms with van der Waals surface area (Å²) in [6.45, 7) is 3.71. The molecule has 0 fully saturated rings. The normalized spacial score (nSPS) is 13.0. The van der Waals surface area contributed by atoms with Gasteiger partial charge in [0.15, 0.2) is 5.82 Å². The molecule has 1 aromatic carbocycles. The summed E-state index contributed by atoms with van der Waals surface area (Å²) >= 11 is 1.78. The molecule has 0 saturated heterocycles. The Morgan fingerprint density at radius 2 is 1.90 bits per heavy atom. The van der Waals surface area contributed by atoms with Crippen LogP contribution in [0.15, 0.2) is 40.9 Å². The first-order valence-corrected chi connectivity index (χ1v) is 10.7. The average Bonchev–Trinajstić information content (AvgIpc) is 3.30. The van der Waals surface area contributed by atoms with Crippen LogP contribution in [0.25, 0.3) is 21.3 Å². The Morgan fingerprint density at radius 3 is 2.63 bits per heavy atom. The zero-order chi connectivity index (χ0) is 20.0. The van der Waals surface area contributed by atoms with E-state index in [1.54, 1.807) is 24.3 Å². The molecule has 154 valence electrons. The second-order valence-corrected chi connectivity index (χ2v) is 8.56. The molecular formula is C23H21ClN3O2S-. The van der Waals surface area contributed by atoms with E-state index in [4.69, 9.17) is 9.51 Å². The first kappa shape index (κ1) is 20.6. The van der Waals surface area contributed by atoms with Crippen LogP contribution in [-0.4, -0.2) is 16.0 Å². The van der Waals surface area contributed by atoms with Crippen molar-refractivity contribution >= 4 is 33.3 Å². The molecule has 0 atom stereocenters. The number of anilines is 1. The molecule has 7 heteroatoms. The first-order chi connectivity index (χ1) is 14.1. The zero-order valence-corrected chi connectivity index (χ0v) is 18.4. The highest BCUT2D eigenvalue weighted by Crippen LogP contribution is 2.43. The number of rotatable bonds is 3. The van der Waals surface area contributed by atoms with Crippen molar-refractivity contribution in [3.05, 3.63) is 63.9 Å². The van der Waals surface area contributed by atoms with E-state index in [0.717, 1.165) is 39.9 Å². The Labute approximate surface area is 184 Å². The highest BCUT2D eigenvalue weighted by molar-refractivity contribution is 7.19. The minimum Gasteiger partial charge on any atom is -1.00 e. The van der Waals surface area contributed by atoms with Crippen molar-refractivity contribution in [3.63, 3.8) is 0 Å². The average molecular weight is 439 g/mol. The number of halogens is 1. The SMILES string of the molecule is Cc1cc(NC(=O)c2c(C)nc3sc4c(c3c2-c2ccccc2)CCCC4)no1.[Cl-].